The molecule has 1 amide bonds. The highest BCUT2D eigenvalue weighted by molar-refractivity contribution is 5.92. The fraction of sp³-hybridized carbons (Fsp3) is 0.800. The van der Waals surface area contributed by atoms with Crippen molar-refractivity contribution in [1.29, 1.82) is 0 Å². The van der Waals surface area contributed by atoms with Crippen LogP contribution in [0, 0.1) is 17.8 Å². The summed E-state index contributed by atoms with van der Waals surface area (Å²) in [5.74, 6) is 1.74. The lowest BCUT2D eigenvalue weighted by molar-refractivity contribution is 0.00152. The first-order chi connectivity index (χ1) is 12.6. The van der Waals surface area contributed by atoms with E-state index in [1.807, 2.05) is 0 Å². The van der Waals surface area contributed by atoms with Crippen LogP contribution in [0.3, 0.4) is 0 Å². The van der Waals surface area contributed by atoms with E-state index in [1.165, 1.54) is 25.8 Å². The van der Waals surface area contributed by atoms with E-state index in [2.05, 4.69) is 29.2 Å². The first-order valence-electron chi connectivity index (χ1n) is 10.2. The van der Waals surface area contributed by atoms with Crippen LogP contribution < -0.4 is 5.32 Å². The quantitative estimate of drug-likeness (QED) is 0.809. The fourth-order valence-electron chi connectivity index (χ4n) is 5.51. The number of likely N-dealkylation sites (tertiary alicyclic amines) is 1. The molecule has 26 heavy (non-hydrogen) atoms. The third-order valence-corrected chi connectivity index (χ3v) is 7.08. The summed E-state index contributed by atoms with van der Waals surface area (Å²) in [4.78, 5) is 15.1. The maximum Gasteiger partial charge on any atom is 0.269 e. The predicted octanol–water partition coefficient (Wildman–Crippen LogP) is 2.07. The maximum absolute atomic E-state index is 12.4. The summed E-state index contributed by atoms with van der Waals surface area (Å²) < 4.78 is 8.14. The molecule has 3 saturated heterocycles. The van der Waals surface area contributed by atoms with Gasteiger partial charge in [-0.25, -0.2) is 0 Å². The first kappa shape index (κ1) is 18.0. The van der Waals surface area contributed by atoms with Gasteiger partial charge in [-0.3, -0.25) is 14.4 Å². The summed E-state index contributed by atoms with van der Waals surface area (Å²) in [5, 5.41) is 7.23. The molecule has 4 rings (SSSR count). The number of aryl methyl sites for hydroxylation is 1. The molecular formula is C20H32N4O2. The standard InChI is InChI=1S/C20H32N4O2/c1-4-14(5-2)11-24-12-16-15(18-6-8-20(16,13-24)26-18)10-21-19(25)17-7-9-22-23(17)3/h7,9,14-16,18H,4-6,8,10-13H2,1-3H3,(H,21,25)/t15-,16+,18+,20+/m0/s1. The molecule has 6 heteroatoms. The zero-order valence-corrected chi connectivity index (χ0v) is 16.3. The van der Waals surface area contributed by atoms with Crippen molar-refractivity contribution in [2.45, 2.75) is 51.2 Å². The molecule has 1 spiro atoms. The first-order valence-corrected chi connectivity index (χ1v) is 10.2. The van der Waals surface area contributed by atoms with Crippen LogP contribution in [0.1, 0.15) is 50.0 Å². The highest BCUT2D eigenvalue weighted by Crippen LogP contribution is 2.54. The summed E-state index contributed by atoms with van der Waals surface area (Å²) >= 11 is 0. The number of nitrogens with one attached hydrogen (secondary N) is 1. The van der Waals surface area contributed by atoms with E-state index < -0.39 is 0 Å². The summed E-state index contributed by atoms with van der Waals surface area (Å²) in [5.41, 5.74) is 0.670. The molecule has 2 bridgehead atoms. The van der Waals surface area contributed by atoms with Crippen LogP contribution in [0.4, 0.5) is 0 Å². The average molecular weight is 361 g/mol. The van der Waals surface area contributed by atoms with Gasteiger partial charge in [0.05, 0.1) is 11.7 Å². The lowest BCUT2D eigenvalue weighted by Crippen LogP contribution is -2.42. The van der Waals surface area contributed by atoms with Crippen molar-refractivity contribution in [3.63, 3.8) is 0 Å². The molecule has 0 aliphatic carbocycles. The van der Waals surface area contributed by atoms with Crippen LogP contribution >= 0.6 is 0 Å². The molecule has 3 fully saturated rings. The van der Waals surface area contributed by atoms with Crippen LogP contribution in [-0.2, 0) is 11.8 Å². The molecule has 4 atom stereocenters. The van der Waals surface area contributed by atoms with Gasteiger partial charge < -0.3 is 10.1 Å². The molecular weight excluding hydrogens is 328 g/mol. The van der Waals surface area contributed by atoms with Crippen LogP contribution in [0.5, 0.6) is 0 Å². The molecule has 3 aliphatic rings. The zero-order chi connectivity index (χ0) is 18.3. The number of carbonyl (C=O) groups is 1. The molecule has 6 nitrogen and oxygen atoms in total. The summed E-state index contributed by atoms with van der Waals surface area (Å²) in [6.45, 7) is 8.69. The van der Waals surface area contributed by atoms with E-state index >= 15 is 0 Å². The Balaban J connectivity index is 1.39. The van der Waals surface area contributed by atoms with E-state index in [-0.39, 0.29) is 11.5 Å². The molecule has 1 aromatic heterocycles. The second-order valence-electron chi connectivity index (χ2n) is 8.46. The Kier molecular flexibility index (Phi) is 4.82. The Morgan fingerprint density at radius 1 is 1.46 bits per heavy atom. The Labute approximate surface area is 156 Å². The number of aromatic nitrogens is 2. The number of hydrogen-bond donors (Lipinski definition) is 1. The van der Waals surface area contributed by atoms with Crippen LogP contribution in [0.2, 0.25) is 0 Å². The van der Waals surface area contributed by atoms with E-state index in [0.29, 0.717) is 30.2 Å². The molecule has 0 unspecified atom stereocenters. The Morgan fingerprint density at radius 2 is 2.27 bits per heavy atom. The smallest absolute Gasteiger partial charge is 0.269 e. The van der Waals surface area contributed by atoms with E-state index in [4.69, 9.17) is 4.74 Å². The topological polar surface area (TPSA) is 59.4 Å². The summed E-state index contributed by atoms with van der Waals surface area (Å²) in [6.07, 6.45) is 6.81. The average Bonchev–Trinajstić information content (AvgIpc) is 3.37. The Morgan fingerprint density at radius 3 is 2.96 bits per heavy atom. The fourth-order valence-corrected chi connectivity index (χ4v) is 5.51. The van der Waals surface area contributed by atoms with Gasteiger partial charge in [0.1, 0.15) is 5.69 Å². The summed E-state index contributed by atoms with van der Waals surface area (Å²) in [7, 11) is 1.80. The van der Waals surface area contributed by atoms with Crippen molar-refractivity contribution < 1.29 is 9.53 Å². The van der Waals surface area contributed by atoms with Gasteiger partial charge in [0.25, 0.3) is 5.91 Å². The summed E-state index contributed by atoms with van der Waals surface area (Å²) in [6, 6.07) is 1.76. The van der Waals surface area contributed by atoms with Crippen LogP contribution in [-0.4, -0.2) is 58.5 Å². The minimum absolute atomic E-state index is 0.0336. The van der Waals surface area contributed by atoms with Gasteiger partial charge in [-0.1, -0.05) is 26.7 Å². The number of ether oxygens (including phenoxy) is 1. The van der Waals surface area contributed by atoms with Crippen LogP contribution in [0.15, 0.2) is 12.3 Å². The van der Waals surface area contributed by atoms with Gasteiger partial charge in [-0.15, -0.1) is 0 Å². The highest BCUT2D eigenvalue weighted by Gasteiger charge is 2.62. The second kappa shape index (κ2) is 6.97. The van der Waals surface area contributed by atoms with Gasteiger partial charge in [0.2, 0.25) is 0 Å². The van der Waals surface area contributed by atoms with Gasteiger partial charge in [-0.2, -0.15) is 5.10 Å². The SMILES string of the molecule is CCC(CC)CN1C[C@@H]2[C@H](CNC(=O)c3ccnn3C)[C@H]3CC[C@]2(C1)O3. The lowest BCUT2D eigenvalue weighted by atomic mass is 9.73. The largest absolute Gasteiger partial charge is 0.370 e. The zero-order valence-electron chi connectivity index (χ0n) is 16.3. The number of carbonyl (C=O) groups excluding carboxylic acids is 1. The van der Waals surface area contributed by atoms with Crippen molar-refractivity contribution in [2.24, 2.45) is 24.8 Å². The minimum atomic E-state index is -0.0336. The number of amides is 1. The Hall–Kier alpha value is -1.40. The molecule has 0 aromatic carbocycles. The number of fused-ring (bicyclic) bond motifs is 1. The molecule has 4 heterocycles. The van der Waals surface area contributed by atoms with E-state index in [1.54, 1.807) is 24.0 Å². The van der Waals surface area contributed by atoms with Gasteiger partial charge in [-0.05, 0) is 24.8 Å². The second-order valence-corrected chi connectivity index (χ2v) is 8.46. The third kappa shape index (κ3) is 2.97. The normalized spacial score (nSPS) is 33.2. The third-order valence-electron chi connectivity index (χ3n) is 7.08. The van der Waals surface area contributed by atoms with Crippen molar-refractivity contribution >= 4 is 5.91 Å². The highest BCUT2D eigenvalue weighted by atomic mass is 16.5. The number of hydrogen-bond acceptors (Lipinski definition) is 4. The molecule has 144 valence electrons. The molecule has 0 radical (unpaired) electrons. The predicted molar refractivity (Wildman–Crippen MR) is 99.9 cm³/mol. The molecule has 1 N–H and O–H groups in total. The van der Waals surface area contributed by atoms with Crippen molar-refractivity contribution in [3.8, 4) is 0 Å². The number of nitrogens with zero attached hydrogens (tertiary/aromatic N) is 3. The lowest BCUT2D eigenvalue weighted by Gasteiger charge is -2.29. The maximum atomic E-state index is 12.4. The molecule has 1 aromatic rings. The monoisotopic (exact) mass is 360 g/mol. The van der Waals surface area contributed by atoms with E-state index in [9.17, 15) is 4.79 Å². The van der Waals surface area contributed by atoms with Crippen LogP contribution in [0.25, 0.3) is 0 Å². The molecule has 0 saturated carbocycles. The number of rotatable bonds is 7. The van der Waals surface area contributed by atoms with Gasteiger partial charge in [0.15, 0.2) is 0 Å². The minimum Gasteiger partial charge on any atom is -0.370 e. The van der Waals surface area contributed by atoms with Crippen molar-refractivity contribution in [3.05, 3.63) is 18.0 Å². The molecule has 3 aliphatic heterocycles. The van der Waals surface area contributed by atoms with Crippen molar-refractivity contribution in [1.82, 2.24) is 20.0 Å². The Bertz CT molecular complexity index is 656. The van der Waals surface area contributed by atoms with Gasteiger partial charge in [0, 0.05) is 51.3 Å². The van der Waals surface area contributed by atoms with Gasteiger partial charge >= 0.3 is 0 Å². The van der Waals surface area contributed by atoms with Crippen molar-refractivity contribution in [2.75, 3.05) is 26.2 Å². The van der Waals surface area contributed by atoms with E-state index in [0.717, 1.165) is 25.4 Å².